The van der Waals surface area contributed by atoms with Gasteiger partial charge >= 0.3 is 6.09 Å². The highest BCUT2D eigenvalue weighted by atomic mass is 35.5. The third kappa shape index (κ3) is 4.15. The Morgan fingerprint density at radius 1 is 1.05 bits per heavy atom. The molecule has 0 saturated carbocycles. The van der Waals surface area contributed by atoms with Crippen molar-refractivity contribution < 1.29 is 14.3 Å². The largest absolute Gasteiger partial charge is 0.453 e. The number of carbonyl (C=O) groups is 2. The van der Waals surface area contributed by atoms with E-state index in [9.17, 15) is 9.59 Å². The second-order valence-corrected chi connectivity index (χ2v) is 4.26. The summed E-state index contributed by atoms with van der Waals surface area (Å²) in [6.07, 6.45) is 2.01. The van der Waals surface area contributed by atoms with Crippen LogP contribution >= 0.6 is 11.6 Å². The van der Waals surface area contributed by atoms with E-state index in [-0.39, 0.29) is 10.8 Å². The summed E-state index contributed by atoms with van der Waals surface area (Å²) in [5, 5.41) is 5.36. The second kappa shape index (κ2) is 6.67. The SMILES string of the molecule is COC(=O)Nc1ccc(NC(=O)c2cnc(Cl)cn2)cc1. The summed E-state index contributed by atoms with van der Waals surface area (Å²) < 4.78 is 4.47. The molecule has 0 aliphatic carbocycles. The molecule has 2 aromatic rings. The van der Waals surface area contributed by atoms with Gasteiger partial charge in [-0.25, -0.2) is 14.8 Å². The van der Waals surface area contributed by atoms with E-state index >= 15 is 0 Å². The van der Waals surface area contributed by atoms with Crippen LogP contribution in [-0.4, -0.2) is 29.1 Å². The molecule has 0 fully saturated rings. The van der Waals surface area contributed by atoms with Crippen molar-refractivity contribution in [1.82, 2.24) is 9.97 Å². The number of rotatable bonds is 3. The Kier molecular flexibility index (Phi) is 4.68. The van der Waals surface area contributed by atoms with Crippen molar-refractivity contribution in [1.29, 1.82) is 0 Å². The maximum atomic E-state index is 11.9. The lowest BCUT2D eigenvalue weighted by molar-refractivity contribution is 0.102. The Labute approximate surface area is 125 Å². The molecule has 0 radical (unpaired) electrons. The topological polar surface area (TPSA) is 93.2 Å². The molecule has 0 bridgehead atoms. The maximum absolute atomic E-state index is 11.9. The molecule has 108 valence electrons. The fourth-order valence-electron chi connectivity index (χ4n) is 1.43. The van der Waals surface area contributed by atoms with Crippen LogP contribution in [0.2, 0.25) is 5.15 Å². The summed E-state index contributed by atoms with van der Waals surface area (Å²) in [5.41, 5.74) is 1.24. The first-order valence-electron chi connectivity index (χ1n) is 5.82. The fourth-order valence-corrected chi connectivity index (χ4v) is 1.53. The average Bonchev–Trinajstić information content (AvgIpc) is 2.49. The molecule has 7 nitrogen and oxygen atoms in total. The number of methoxy groups -OCH3 is 1. The van der Waals surface area contributed by atoms with Crippen LogP contribution < -0.4 is 10.6 Å². The molecular weight excluding hydrogens is 296 g/mol. The van der Waals surface area contributed by atoms with Gasteiger partial charge in [-0.05, 0) is 24.3 Å². The number of nitrogens with one attached hydrogen (secondary N) is 2. The minimum Gasteiger partial charge on any atom is -0.453 e. The third-order valence-electron chi connectivity index (χ3n) is 2.43. The first-order valence-corrected chi connectivity index (χ1v) is 6.20. The second-order valence-electron chi connectivity index (χ2n) is 3.87. The summed E-state index contributed by atoms with van der Waals surface area (Å²) in [6, 6.07) is 6.51. The molecule has 2 N–H and O–H groups in total. The average molecular weight is 307 g/mol. The molecule has 0 atom stereocenters. The minimum atomic E-state index is -0.566. The lowest BCUT2D eigenvalue weighted by atomic mass is 10.2. The molecule has 0 aliphatic heterocycles. The van der Waals surface area contributed by atoms with Crippen LogP contribution in [0, 0.1) is 0 Å². The van der Waals surface area contributed by atoms with Gasteiger partial charge in [0.25, 0.3) is 5.91 Å². The molecule has 2 amide bonds. The maximum Gasteiger partial charge on any atom is 0.411 e. The van der Waals surface area contributed by atoms with E-state index in [1.54, 1.807) is 24.3 Å². The van der Waals surface area contributed by atoms with Gasteiger partial charge in [0.1, 0.15) is 10.8 Å². The van der Waals surface area contributed by atoms with Gasteiger partial charge in [0, 0.05) is 11.4 Å². The molecule has 1 heterocycles. The van der Waals surface area contributed by atoms with Crippen molar-refractivity contribution in [3.8, 4) is 0 Å². The molecule has 0 saturated heterocycles. The third-order valence-corrected chi connectivity index (χ3v) is 2.62. The number of ether oxygens (including phenoxy) is 1. The van der Waals surface area contributed by atoms with Crippen LogP contribution in [0.1, 0.15) is 10.5 Å². The number of hydrogen-bond acceptors (Lipinski definition) is 5. The first kappa shape index (κ1) is 14.7. The predicted molar refractivity (Wildman–Crippen MR) is 77.5 cm³/mol. The van der Waals surface area contributed by atoms with Crippen molar-refractivity contribution >= 4 is 35.0 Å². The fraction of sp³-hybridized carbons (Fsp3) is 0.0769. The van der Waals surface area contributed by atoms with Gasteiger partial charge < -0.3 is 10.1 Å². The van der Waals surface area contributed by atoms with Crippen LogP contribution in [0.3, 0.4) is 0 Å². The molecule has 2 rings (SSSR count). The zero-order chi connectivity index (χ0) is 15.2. The first-order chi connectivity index (χ1) is 10.1. The number of amides is 2. The monoisotopic (exact) mass is 306 g/mol. The lowest BCUT2D eigenvalue weighted by Crippen LogP contribution is -2.14. The van der Waals surface area contributed by atoms with Crippen LogP contribution in [-0.2, 0) is 4.74 Å². The molecule has 0 unspecified atom stereocenters. The van der Waals surface area contributed by atoms with E-state index in [4.69, 9.17) is 11.6 Å². The van der Waals surface area contributed by atoms with Crippen molar-refractivity contribution in [2.75, 3.05) is 17.7 Å². The number of benzene rings is 1. The molecule has 0 spiro atoms. The van der Waals surface area contributed by atoms with Crippen LogP contribution in [0.5, 0.6) is 0 Å². The van der Waals surface area contributed by atoms with Gasteiger partial charge in [0.05, 0.1) is 19.5 Å². The Hall–Kier alpha value is -2.67. The summed E-state index contributed by atoms with van der Waals surface area (Å²) >= 11 is 5.60. The van der Waals surface area contributed by atoms with Crippen molar-refractivity contribution in [3.63, 3.8) is 0 Å². The van der Waals surface area contributed by atoms with E-state index in [0.717, 1.165) is 0 Å². The number of carbonyl (C=O) groups excluding carboxylic acids is 2. The van der Waals surface area contributed by atoms with Crippen molar-refractivity contribution in [2.45, 2.75) is 0 Å². The van der Waals surface area contributed by atoms with E-state index in [1.807, 2.05) is 0 Å². The molecule has 1 aromatic carbocycles. The van der Waals surface area contributed by atoms with Gasteiger partial charge in [-0.1, -0.05) is 11.6 Å². The lowest BCUT2D eigenvalue weighted by Gasteiger charge is -2.07. The molecule has 21 heavy (non-hydrogen) atoms. The highest BCUT2D eigenvalue weighted by Crippen LogP contribution is 2.14. The number of nitrogens with zero attached hydrogens (tertiary/aromatic N) is 2. The van der Waals surface area contributed by atoms with E-state index in [2.05, 4.69) is 25.3 Å². The Morgan fingerprint density at radius 3 is 2.19 bits per heavy atom. The van der Waals surface area contributed by atoms with Gasteiger partial charge in [-0.2, -0.15) is 0 Å². The van der Waals surface area contributed by atoms with Gasteiger partial charge in [-0.3, -0.25) is 10.1 Å². The molecule has 0 aliphatic rings. The zero-order valence-corrected chi connectivity index (χ0v) is 11.7. The van der Waals surface area contributed by atoms with Gasteiger partial charge in [0.15, 0.2) is 0 Å². The summed E-state index contributed by atoms with van der Waals surface area (Å²) in [5.74, 6) is -0.409. The summed E-state index contributed by atoms with van der Waals surface area (Å²) in [4.78, 5) is 30.6. The predicted octanol–water partition coefficient (Wildman–Crippen LogP) is 2.56. The number of hydrogen-bond donors (Lipinski definition) is 2. The van der Waals surface area contributed by atoms with E-state index < -0.39 is 12.0 Å². The van der Waals surface area contributed by atoms with Crippen LogP contribution in [0.15, 0.2) is 36.7 Å². The molecular formula is C13H11ClN4O3. The minimum absolute atomic E-state index is 0.149. The summed E-state index contributed by atoms with van der Waals surface area (Å²) in [7, 11) is 1.27. The van der Waals surface area contributed by atoms with Crippen molar-refractivity contribution in [3.05, 3.63) is 47.5 Å². The van der Waals surface area contributed by atoms with E-state index in [1.165, 1.54) is 19.5 Å². The van der Waals surface area contributed by atoms with Crippen molar-refractivity contribution in [2.24, 2.45) is 0 Å². The van der Waals surface area contributed by atoms with Crippen LogP contribution in [0.4, 0.5) is 16.2 Å². The normalized spacial score (nSPS) is 9.81. The standard InChI is InChI=1S/C13H11ClN4O3/c1-21-13(20)18-9-4-2-8(3-5-9)17-12(19)10-6-16-11(14)7-15-10/h2-7H,1H3,(H,17,19)(H,18,20). The van der Waals surface area contributed by atoms with Crippen LogP contribution in [0.25, 0.3) is 0 Å². The number of aromatic nitrogens is 2. The van der Waals surface area contributed by atoms with E-state index in [0.29, 0.717) is 11.4 Å². The van der Waals surface area contributed by atoms with Gasteiger partial charge in [0.2, 0.25) is 0 Å². The smallest absolute Gasteiger partial charge is 0.411 e. The number of halogens is 1. The number of anilines is 2. The zero-order valence-electron chi connectivity index (χ0n) is 11.0. The molecule has 8 heteroatoms. The summed E-state index contributed by atoms with van der Waals surface area (Å²) in [6.45, 7) is 0. The Bertz CT molecular complexity index is 643. The quantitative estimate of drug-likeness (QED) is 0.909. The highest BCUT2D eigenvalue weighted by molar-refractivity contribution is 6.29. The van der Waals surface area contributed by atoms with Gasteiger partial charge in [-0.15, -0.1) is 0 Å². The highest BCUT2D eigenvalue weighted by Gasteiger charge is 2.08. The Morgan fingerprint density at radius 2 is 1.67 bits per heavy atom. The molecule has 1 aromatic heterocycles. The Balaban J connectivity index is 2.01.